The molecule has 0 saturated heterocycles. The van der Waals surface area contributed by atoms with Crippen molar-refractivity contribution in [1.29, 1.82) is 0 Å². The second-order valence-electron chi connectivity index (χ2n) is 4.73. The molecule has 1 aromatic rings. The van der Waals surface area contributed by atoms with Crippen LogP contribution in [0.2, 0.25) is 0 Å². The quantitative estimate of drug-likeness (QED) is 0.767. The molecule has 6 nitrogen and oxygen atoms in total. The van der Waals surface area contributed by atoms with E-state index in [1.165, 1.54) is 14.2 Å². The molecule has 0 heterocycles. The fraction of sp³-hybridized carbons (Fsp3) is 0.467. The molecular formula is C15H21NO5. The smallest absolute Gasteiger partial charge is 0.303 e. The summed E-state index contributed by atoms with van der Waals surface area (Å²) in [6.45, 7) is 1.84. The molecule has 6 heteroatoms. The maximum absolute atomic E-state index is 12.2. The Labute approximate surface area is 124 Å². The molecule has 1 unspecified atom stereocenters. The van der Waals surface area contributed by atoms with Crippen LogP contribution in [0.4, 0.5) is 0 Å². The van der Waals surface area contributed by atoms with Crippen LogP contribution in [0.3, 0.4) is 0 Å². The van der Waals surface area contributed by atoms with Gasteiger partial charge in [0.25, 0.3) is 5.91 Å². The summed E-state index contributed by atoms with van der Waals surface area (Å²) in [4.78, 5) is 22.7. The molecule has 0 bridgehead atoms. The van der Waals surface area contributed by atoms with Crippen molar-refractivity contribution in [1.82, 2.24) is 5.32 Å². The zero-order valence-electron chi connectivity index (χ0n) is 12.5. The van der Waals surface area contributed by atoms with Gasteiger partial charge in [0.1, 0.15) is 11.5 Å². The van der Waals surface area contributed by atoms with Crippen molar-refractivity contribution in [3.05, 3.63) is 23.8 Å². The number of ether oxygens (including phenoxy) is 2. The molecule has 0 saturated carbocycles. The molecule has 0 aromatic heterocycles. The highest BCUT2D eigenvalue weighted by molar-refractivity contribution is 5.97. The van der Waals surface area contributed by atoms with Crippen LogP contribution in [0.1, 0.15) is 36.5 Å². The first kappa shape index (κ1) is 16.8. The first-order chi connectivity index (χ1) is 9.97. The van der Waals surface area contributed by atoms with E-state index in [1.807, 2.05) is 6.92 Å². The number of nitrogens with one attached hydrogen (secondary N) is 1. The van der Waals surface area contributed by atoms with Crippen LogP contribution >= 0.6 is 0 Å². The number of carbonyl (C=O) groups excluding carboxylic acids is 1. The van der Waals surface area contributed by atoms with Gasteiger partial charge in [-0.2, -0.15) is 0 Å². The molecule has 0 aliphatic heterocycles. The summed E-state index contributed by atoms with van der Waals surface area (Å²) < 4.78 is 10.3. The van der Waals surface area contributed by atoms with Crippen LogP contribution in [-0.4, -0.2) is 37.2 Å². The second kappa shape index (κ2) is 8.14. The SMILES string of the molecule is COc1ccc(OC)c(C(=O)NC(C)CCCC(=O)O)c1. The van der Waals surface area contributed by atoms with E-state index in [-0.39, 0.29) is 18.4 Å². The number of aliphatic carboxylic acids is 1. The van der Waals surface area contributed by atoms with Crippen molar-refractivity contribution in [3.63, 3.8) is 0 Å². The van der Waals surface area contributed by atoms with E-state index in [0.29, 0.717) is 29.9 Å². The lowest BCUT2D eigenvalue weighted by molar-refractivity contribution is -0.137. The summed E-state index contributed by atoms with van der Waals surface area (Å²) in [6, 6.07) is 4.88. The van der Waals surface area contributed by atoms with Crippen LogP contribution < -0.4 is 14.8 Å². The predicted molar refractivity (Wildman–Crippen MR) is 78.0 cm³/mol. The Morgan fingerprint density at radius 1 is 1.29 bits per heavy atom. The number of amides is 1. The summed E-state index contributed by atoms with van der Waals surface area (Å²) in [6.07, 6.45) is 1.22. The number of hydrogen-bond acceptors (Lipinski definition) is 4. The molecule has 0 aliphatic rings. The zero-order valence-corrected chi connectivity index (χ0v) is 12.5. The maximum atomic E-state index is 12.2. The maximum Gasteiger partial charge on any atom is 0.303 e. The lowest BCUT2D eigenvalue weighted by atomic mass is 10.1. The monoisotopic (exact) mass is 295 g/mol. The van der Waals surface area contributed by atoms with E-state index < -0.39 is 5.97 Å². The lowest BCUT2D eigenvalue weighted by Crippen LogP contribution is -2.32. The Balaban J connectivity index is 2.67. The van der Waals surface area contributed by atoms with Gasteiger partial charge in [-0.25, -0.2) is 0 Å². The largest absolute Gasteiger partial charge is 0.497 e. The Morgan fingerprint density at radius 2 is 2.00 bits per heavy atom. The molecule has 1 rings (SSSR count). The van der Waals surface area contributed by atoms with Crippen molar-refractivity contribution in [2.24, 2.45) is 0 Å². The predicted octanol–water partition coefficient (Wildman–Crippen LogP) is 2.08. The summed E-state index contributed by atoms with van der Waals surface area (Å²) in [5.41, 5.74) is 0.391. The second-order valence-corrected chi connectivity index (χ2v) is 4.73. The van der Waals surface area contributed by atoms with Crippen molar-refractivity contribution in [2.75, 3.05) is 14.2 Å². The van der Waals surface area contributed by atoms with E-state index in [2.05, 4.69) is 5.32 Å². The van der Waals surface area contributed by atoms with E-state index in [4.69, 9.17) is 14.6 Å². The molecule has 2 N–H and O–H groups in total. The lowest BCUT2D eigenvalue weighted by Gasteiger charge is -2.15. The highest BCUT2D eigenvalue weighted by Crippen LogP contribution is 2.24. The fourth-order valence-corrected chi connectivity index (χ4v) is 1.92. The van der Waals surface area contributed by atoms with Gasteiger partial charge in [0.2, 0.25) is 0 Å². The van der Waals surface area contributed by atoms with Crippen LogP contribution in [0.15, 0.2) is 18.2 Å². The Hall–Kier alpha value is -2.24. The minimum absolute atomic E-state index is 0.0999. The van der Waals surface area contributed by atoms with E-state index in [1.54, 1.807) is 18.2 Å². The summed E-state index contributed by atoms with van der Waals surface area (Å²) in [7, 11) is 3.02. The average Bonchev–Trinajstić information content (AvgIpc) is 2.45. The third kappa shape index (κ3) is 5.33. The molecular weight excluding hydrogens is 274 g/mol. The summed E-state index contributed by atoms with van der Waals surface area (Å²) >= 11 is 0. The van der Waals surface area contributed by atoms with Crippen molar-refractivity contribution in [3.8, 4) is 11.5 Å². The van der Waals surface area contributed by atoms with E-state index >= 15 is 0 Å². The van der Waals surface area contributed by atoms with Gasteiger partial charge in [-0.15, -0.1) is 0 Å². The van der Waals surface area contributed by atoms with Crippen LogP contribution in [0, 0.1) is 0 Å². The molecule has 1 amide bonds. The Kier molecular flexibility index (Phi) is 6.52. The van der Waals surface area contributed by atoms with Gasteiger partial charge in [0, 0.05) is 12.5 Å². The molecule has 0 aliphatic carbocycles. The van der Waals surface area contributed by atoms with Crippen LogP contribution in [0.25, 0.3) is 0 Å². The van der Waals surface area contributed by atoms with Crippen molar-refractivity contribution < 1.29 is 24.2 Å². The first-order valence-electron chi connectivity index (χ1n) is 6.72. The van der Waals surface area contributed by atoms with Gasteiger partial charge < -0.3 is 19.9 Å². The Bertz CT molecular complexity index is 501. The third-order valence-corrected chi connectivity index (χ3v) is 3.06. The number of carboxylic acid groups (broad SMARTS) is 1. The highest BCUT2D eigenvalue weighted by Gasteiger charge is 2.15. The molecule has 21 heavy (non-hydrogen) atoms. The number of carbonyl (C=O) groups is 2. The van der Waals surface area contributed by atoms with Crippen molar-refractivity contribution in [2.45, 2.75) is 32.2 Å². The third-order valence-electron chi connectivity index (χ3n) is 3.06. The number of hydrogen-bond donors (Lipinski definition) is 2. The summed E-state index contributed by atoms with van der Waals surface area (Å²) in [5, 5.41) is 11.4. The van der Waals surface area contributed by atoms with E-state index in [0.717, 1.165) is 0 Å². The topological polar surface area (TPSA) is 84.9 Å². The molecule has 1 atom stereocenters. The van der Waals surface area contributed by atoms with Crippen LogP contribution in [-0.2, 0) is 4.79 Å². The molecule has 0 radical (unpaired) electrons. The first-order valence-corrected chi connectivity index (χ1v) is 6.72. The van der Waals surface area contributed by atoms with Crippen LogP contribution in [0.5, 0.6) is 11.5 Å². The molecule has 0 spiro atoms. The zero-order chi connectivity index (χ0) is 15.8. The Morgan fingerprint density at radius 3 is 2.57 bits per heavy atom. The minimum Gasteiger partial charge on any atom is -0.497 e. The minimum atomic E-state index is -0.831. The van der Waals surface area contributed by atoms with Gasteiger partial charge in [-0.1, -0.05) is 0 Å². The average molecular weight is 295 g/mol. The highest BCUT2D eigenvalue weighted by atomic mass is 16.5. The van der Waals surface area contributed by atoms with E-state index in [9.17, 15) is 9.59 Å². The number of carboxylic acids is 1. The standard InChI is InChI=1S/C15H21NO5/c1-10(5-4-6-14(17)18)16-15(19)12-9-11(20-2)7-8-13(12)21-3/h7-10H,4-6H2,1-3H3,(H,16,19)(H,17,18). The molecule has 1 aromatic carbocycles. The van der Waals surface area contributed by atoms with Gasteiger partial charge in [0.05, 0.1) is 19.8 Å². The molecule has 116 valence electrons. The van der Waals surface area contributed by atoms with Gasteiger partial charge in [-0.3, -0.25) is 9.59 Å². The molecule has 0 fully saturated rings. The van der Waals surface area contributed by atoms with Gasteiger partial charge >= 0.3 is 5.97 Å². The normalized spacial score (nSPS) is 11.6. The number of methoxy groups -OCH3 is 2. The van der Waals surface area contributed by atoms with Gasteiger partial charge in [-0.05, 0) is 38.0 Å². The number of benzene rings is 1. The van der Waals surface area contributed by atoms with Gasteiger partial charge in [0.15, 0.2) is 0 Å². The number of rotatable bonds is 8. The summed E-state index contributed by atoms with van der Waals surface area (Å²) in [5.74, 6) is -0.0675. The van der Waals surface area contributed by atoms with Crippen molar-refractivity contribution >= 4 is 11.9 Å². The fourth-order valence-electron chi connectivity index (χ4n) is 1.92.